The van der Waals surface area contributed by atoms with Crippen LogP contribution in [0.15, 0.2) is 54.9 Å². The van der Waals surface area contributed by atoms with Crippen molar-refractivity contribution in [3.63, 3.8) is 0 Å². The molecule has 3 aromatic rings. The Kier molecular flexibility index (Phi) is 6.25. The van der Waals surface area contributed by atoms with Gasteiger partial charge >= 0.3 is 6.55 Å². The molecule has 1 aromatic heterocycles. The van der Waals surface area contributed by atoms with Crippen LogP contribution >= 0.6 is 0 Å². The normalized spacial score (nSPS) is 14.9. The van der Waals surface area contributed by atoms with E-state index < -0.39 is 6.55 Å². The van der Waals surface area contributed by atoms with Crippen LogP contribution in [0, 0.1) is 5.92 Å². The number of likely N-dealkylation sites (tertiary alicyclic amines) is 1. The molecule has 6 nitrogen and oxygen atoms in total. The zero-order chi connectivity index (χ0) is 21.8. The van der Waals surface area contributed by atoms with Gasteiger partial charge in [-0.05, 0) is 29.7 Å². The van der Waals surface area contributed by atoms with Crippen LogP contribution in [0.3, 0.4) is 0 Å². The summed E-state index contributed by atoms with van der Waals surface area (Å²) < 4.78 is 26.5. The number of aromatic nitrogens is 2. The van der Waals surface area contributed by atoms with Crippen LogP contribution in [-0.2, 0) is 11.2 Å². The molecule has 1 saturated heterocycles. The predicted octanol–water partition coefficient (Wildman–Crippen LogP) is 3.64. The van der Waals surface area contributed by atoms with Gasteiger partial charge in [0, 0.05) is 49.9 Å². The van der Waals surface area contributed by atoms with E-state index in [-0.39, 0.29) is 36.5 Å². The van der Waals surface area contributed by atoms with Crippen molar-refractivity contribution >= 4 is 22.6 Å². The van der Waals surface area contributed by atoms with Crippen LogP contribution in [0.2, 0.25) is 0 Å². The molecule has 0 bridgehead atoms. The fourth-order valence-electron chi connectivity index (χ4n) is 4.08. The highest BCUT2D eigenvalue weighted by Crippen LogP contribution is 2.23. The molecule has 0 spiro atoms. The molecular weight excluding hydrogens is 402 g/mol. The van der Waals surface area contributed by atoms with Crippen molar-refractivity contribution in [1.29, 1.82) is 0 Å². The number of nitrogens with one attached hydrogen (secondary N) is 1. The van der Waals surface area contributed by atoms with Gasteiger partial charge in [0.1, 0.15) is 5.82 Å². The number of hydrogen-bond donors (Lipinski definition) is 1. The van der Waals surface area contributed by atoms with Crippen LogP contribution in [0.4, 0.5) is 8.78 Å². The first-order valence-electron chi connectivity index (χ1n) is 10.4. The maximum Gasteiger partial charge on any atom is 0.319 e. The van der Waals surface area contributed by atoms with Crippen LogP contribution < -0.4 is 5.32 Å². The lowest BCUT2D eigenvalue weighted by molar-refractivity contribution is -0.126. The second-order valence-corrected chi connectivity index (χ2v) is 7.66. The van der Waals surface area contributed by atoms with Gasteiger partial charge in [0.2, 0.25) is 5.91 Å². The molecule has 2 aromatic carbocycles. The van der Waals surface area contributed by atoms with Crippen molar-refractivity contribution in [1.82, 2.24) is 19.8 Å². The van der Waals surface area contributed by atoms with Crippen molar-refractivity contribution in [2.45, 2.75) is 25.8 Å². The Balaban J connectivity index is 1.29. The summed E-state index contributed by atoms with van der Waals surface area (Å²) in [6.07, 6.45) is 3.94. The Labute approximate surface area is 178 Å². The van der Waals surface area contributed by atoms with E-state index in [9.17, 15) is 18.4 Å². The summed E-state index contributed by atoms with van der Waals surface area (Å²) in [4.78, 5) is 31.2. The van der Waals surface area contributed by atoms with E-state index in [1.807, 2.05) is 42.5 Å². The number of nitrogens with zero attached hydrogens (tertiary/aromatic N) is 3. The van der Waals surface area contributed by atoms with Crippen LogP contribution in [-0.4, -0.2) is 45.9 Å². The predicted molar refractivity (Wildman–Crippen MR) is 113 cm³/mol. The summed E-state index contributed by atoms with van der Waals surface area (Å²) in [6, 6.07) is 13.5. The molecule has 0 radical (unpaired) electrons. The van der Waals surface area contributed by atoms with Crippen molar-refractivity contribution in [2.24, 2.45) is 5.92 Å². The summed E-state index contributed by atoms with van der Waals surface area (Å²) in [7, 11) is 0. The SMILES string of the molecule is O=C(NCCc1nccn1C(F)F)C1CCN(C(=O)c2cccc3ccccc23)CC1. The number of alkyl halides is 2. The molecule has 31 heavy (non-hydrogen) atoms. The Bertz CT molecular complexity index is 1070. The number of halogens is 2. The summed E-state index contributed by atoms with van der Waals surface area (Å²) in [6.45, 7) is -1.37. The van der Waals surface area contributed by atoms with E-state index in [4.69, 9.17) is 0 Å². The van der Waals surface area contributed by atoms with E-state index in [0.29, 0.717) is 31.5 Å². The monoisotopic (exact) mass is 426 g/mol. The molecule has 0 atom stereocenters. The Hall–Kier alpha value is -3.29. The van der Waals surface area contributed by atoms with Gasteiger partial charge < -0.3 is 10.2 Å². The first-order chi connectivity index (χ1) is 15.0. The van der Waals surface area contributed by atoms with Crippen LogP contribution in [0.1, 0.15) is 35.6 Å². The number of carbonyl (C=O) groups excluding carboxylic acids is 2. The Morgan fingerprint density at radius 1 is 1.10 bits per heavy atom. The molecule has 2 heterocycles. The molecule has 1 fully saturated rings. The van der Waals surface area contributed by atoms with Crippen molar-refractivity contribution in [3.8, 4) is 0 Å². The van der Waals surface area contributed by atoms with E-state index in [1.165, 1.54) is 12.4 Å². The summed E-state index contributed by atoms with van der Waals surface area (Å²) in [5.74, 6) is -0.0703. The molecule has 1 aliphatic rings. The summed E-state index contributed by atoms with van der Waals surface area (Å²) in [5, 5.41) is 4.77. The molecule has 1 aliphatic heterocycles. The van der Waals surface area contributed by atoms with Gasteiger partial charge in [0.05, 0.1) is 0 Å². The minimum atomic E-state index is -2.64. The Morgan fingerprint density at radius 3 is 2.61 bits per heavy atom. The van der Waals surface area contributed by atoms with E-state index in [1.54, 1.807) is 4.90 Å². The quantitative estimate of drug-likeness (QED) is 0.654. The standard InChI is InChI=1S/C23H24F2N4O2/c24-23(25)29-15-12-26-20(29)8-11-27-21(30)17-9-13-28(14-10-17)22(31)19-7-3-5-16-4-1-2-6-18(16)19/h1-7,12,15,17,23H,8-11,13-14H2,(H,27,30). The first-order valence-corrected chi connectivity index (χ1v) is 10.4. The third-order valence-electron chi connectivity index (χ3n) is 5.78. The number of piperidine rings is 1. The fourth-order valence-corrected chi connectivity index (χ4v) is 4.08. The van der Waals surface area contributed by atoms with Gasteiger partial charge in [-0.2, -0.15) is 8.78 Å². The number of fused-ring (bicyclic) bond motifs is 1. The topological polar surface area (TPSA) is 67.2 Å². The molecule has 2 amide bonds. The summed E-state index contributed by atoms with van der Waals surface area (Å²) >= 11 is 0. The third kappa shape index (κ3) is 4.57. The van der Waals surface area contributed by atoms with Gasteiger partial charge in [0.25, 0.3) is 5.91 Å². The Morgan fingerprint density at radius 2 is 1.84 bits per heavy atom. The summed E-state index contributed by atoms with van der Waals surface area (Å²) in [5.41, 5.74) is 0.676. The van der Waals surface area contributed by atoms with Crippen LogP contribution in [0.25, 0.3) is 10.8 Å². The highest BCUT2D eigenvalue weighted by Gasteiger charge is 2.28. The van der Waals surface area contributed by atoms with E-state index in [2.05, 4.69) is 10.3 Å². The lowest BCUT2D eigenvalue weighted by atomic mass is 9.94. The number of rotatable bonds is 6. The number of benzene rings is 2. The fraction of sp³-hybridized carbons (Fsp3) is 0.348. The molecule has 8 heteroatoms. The van der Waals surface area contributed by atoms with Gasteiger partial charge in [-0.25, -0.2) is 4.98 Å². The van der Waals surface area contributed by atoms with Crippen LogP contribution in [0.5, 0.6) is 0 Å². The van der Waals surface area contributed by atoms with Gasteiger partial charge in [-0.3, -0.25) is 14.2 Å². The molecule has 162 valence electrons. The van der Waals surface area contributed by atoms with Gasteiger partial charge in [-0.1, -0.05) is 36.4 Å². The molecule has 4 rings (SSSR count). The third-order valence-corrected chi connectivity index (χ3v) is 5.78. The van der Waals surface area contributed by atoms with Crippen molar-refractivity contribution < 1.29 is 18.4 Å². The second kappa shape index (κ2) is 9.24. The zero-order valence-electron chi connectivity index (χ0n) is 17.0. The minimum absolute atomic E-state index is 0.0190. The van der Waals surface area contributed by atoms with E-state index in [0.717, 1.165) is 15.3 Å². The van der Waals surface area contributed by atoms with Gasteiger partial charge in [-0.15, -0.1) is 0 Å². The zero-order valence-corrected chi connectivity index (χ0v) is 17.0. The second-order valence-electron chi connectivity index (χ2n) is 7.66. The lowest BCUT2D eigenvalue weighted by Gasteiger charge is -2.31. The molecule has 0 aliphatic carbocycles. The minimum Gasteiger partial charge on any atom is -0.355 e. The average Bonchev–Trinajstić information content (AvgIpc) is 3.27. The molecular formula is C23H24F2N4O2. The average molecular weight is 426 g/mol. The maximum absolute atomic E-state index is 13.0. The van der Waals surface area contributed by atoms with Gasteiger partial charge in [0.15, 0.2) is 0 Å². The molecule has 0 unspecified atom stereocenters. The number of imidazole rings is 1. The first kappa shape index (κ1) is 21.0. The van der Waals surface area contributed by atoms with Crippen molar-refractivity contribution in [3.05, 3.63) is 66.2 Å². The van der Waals surface area contributed by atoms with Crippen molar-refractivity contribution in [2.75, 3.05) is 19.6 Å². The number of amides is 2. The smallest absolute Gasteiger partial charge is 0.319 e. The lowest BCUT2D eigenvalue weighted by Crippen LogP contribution is -2.43. The largest absolute Gasteiger partial charge is 0.355 e. The maximum atomic E-state index is 13.0. The highest BCUT2D eigenvalue weighted by atomic mass is 19.3. The van der Waals surface area contributed by atoms with E-state index >= 15 is 0 Å². The number of carbonyl (C=O) groups is 2. The number of hydrogen-bond acceptors (Lipinski definition) is 3. The molecule has 0 saturated carbocycles. The molecule has 1 N–H and O–H groups in total. The highest BCUT2D eigenvalue weighted by molar-refractivity contribution is 6.07.